The lowest BCUT2D eigenvalue weighted by Gasteiger charge is -2.12. The fourth-order valence-electron chi connectivity index (χ4n) is 3.15. The second-order valence-corrected chi connectivity index (χ2v) is 9.05. The van der Waals surface area contributed by atoms with Crippen LogP contribution in [0.3, 0.4) is 0 Å². The normalized spacial score (nSPS) is 12.1. The number of nitrogens with one attached hydrogen (secondary N) is 1. The maximum absolute atomic E-state index is 14.5. The molecule has 1 aromatic carbocycles. The van der Waals surface area contributed by atoms with E-state index in [1.807, 2.05) is 25.3 Å². The van der Waals surface area contributed by atoms with Gasteiger partial charge in [0.25, 0.3) is 0 Å². The molecule has 4 aromatic rings. The van der Waals surface area contributed by atoms with Crippen LogP contribution in [0.5, 0.6) is 5.75 Å². The first-order valence-corrected chi connectivity index (χ1v) is 11.3. The van der Waals surface area contributed by atoms with Crippen molar-refractivity contribution in [3.8, 4) is 26.9 Å². The summed E-state index contributed by atoms with van der Waals surface area (Å²) >= 11 is 2.72. The molecule has 7 nitrogen and oxygen atoms in total. The van der Waals surface area contributed by atoms with Gasteiger partial charge in [-0.3, -0.25) is 4.98 Å². The third-order valence-corrected chi connectivity index (χ3v) is 6.92. The number of rotatable bonds is 7. The standard InChI is InChI=1S/C22H19FN4O3S2/c1-11(13-4-3-5-24-8-13)25-9-19-26-12(2)20(32-19)17-10-31-21(27-17)14-7-18(28)15(22(29)30)6-16(14)23/h3-8,10-11,25,28H,9H2,1-2H3,(H,29,30). The Morgan fingerprint density at radius 3 is 2.84 bits per heavy atom. The highest BCUT2D eigenvalue weighted by Gasteiger charge is 2.19. The van der Waals surface area contributed by atoms with Gasteiger partial charge in [0, 0.05) is 35.9 Å². The molecule has 0 fully saturated rings. The second kappa shape index (κ2) is 9.11. The first kappa shape index (κ1) is 22.0. The summed E-state index contributed by atoms with van der Waals surface area (Å²) in [5.74, 6) is -2.65. The van der Waals surface area contributed by atoms with Crippen LogP contribution in [0.25, 0.3) is 21.1 Å². The molecule has 0 bridgehead atoms. The number of phenols is 1. The van der Waals surface area contributed by atoms with E-state index in [4.69, 9.17) is 5.11 Å². The number of nitrogens with zero attached hydrogens (tertiary/aromatic N) is 3. The Balaban J connectivity index is 1.53. The smallest absolute Gasteiger partial charge is 0.339 e. The number of thiazole rings is 2. The molecule has 0 aliphatic carbocycles. The number of carboxylic acids is 1. The minimum Gasteiger partial charge on any atom is -0.507 e. The molecule has 1 atom stereocenters. The topological polar surface area (TPSA) is 108 Å². The van der Waals surface area contributed by atoms with Gasteiger partial charge in [-0.1, -0.05) is 6.07 Å². The van der Waals surface area contributed by atoms with E-state index in [2.05, 4.69) is 27.2 Å². The lowest BCUT2D eigenvalue weighted by Crippen LogP contribution is -2.18. The SMILES string of the molecule is Cc1nc(CNC(C)c2cccnc2)sc1-c1csc(-c2cc(O)c(C(=O)O)cc2F)n1. The van der Waals surface area contributed by atoms with Crippen LogP contribution >= 0.6 is 22.7 Å². The van der Waals surface area contributed by atoms with Crippen molar-refractivity contribution in [1.82, 2.24) is 20.3 Å². The molecule has 0 aliphatic heterocycles. The molecule has 4 rings (SSSR count). The third-order valence-electron chi connectivity index (χ3n) is 4.87. The zero-order valence-corrected chi connectivity index (χ0v) is 18.8. The molecule has 0 amide bonds. The summed E-state index contributed by atoms with van der Waals surface area (Å²) in [6, 6.07) is 5.93. The first-order chi connectivity index (χ1) is 15.3. The van der Waals surface area contributed by atoms with E-state index in [0.717, 1.165) is 33.3 Å². The van der Waals surface area contributed by atoms with E-state index in [9.17, 15) is 14.3 Å². The summed E-state index contributed by atoms with van der Waals surface area (Å²) < 4.78 is 14.5. The molecule has 0 radical (unpaired) electrons. The number of aromatic nitrogens is 3. The van der Waals surface area contributed by atoms with Crippen LogP contribution in [0.2, 0.25) is 0 Å². The molecule has 10 heteroatoms. The molecule has 0 saturated carbocycles. The van der Waals surface area contributed by atoms with E-state index in [1.54, 1.807) is 11.6 Å². The van der Waals surface area contributed by atoms with Crippen molar-refractivity contribution < 1.29 is 19.4 Å². The van der Waals surface area contributed by atoms with Gasteiger partial charge < -0.3 is 15.5 Å². The number of hydrogen-bond acceptors (Lipinski definition) is 8. The van der Waals surface area contributed by atoms with Gasteiger partial charge >= 0.3 is 5.97 Å². The van der Waals surface area contributed by atoms with Crippen LogP contribution < -0.4 is 5.32 Å². The van der Waals surface area contributed by atoms with Gasteiger partial charge in [0.1, 0.15) is 27.1 Å². The Bertz CT molecular complexity index is 1270. The first-order valence-electron chi connectivity index (χ1n) is 9.65. The molecule has 164 valence electrons. The molecular formula is C22H19FN4O3S2. The van der Waals surface area contributed by atoms with Gasteiger partial charge in [-0.05, 0) is 37.6 Å². The monoisotopic (exact) mass is 470 g/mol. The van der Waals surface area contributed by atoms with Crippen molar-refractivity contribution in [2.45, 2.75) is 26.4 Å². The van der Waals surface area contributed by atoms with Crippen LogP contribution in [0.1, 0.15) is 39.6 Å². The number of aromatic carboxylic acids is 1. The number of aromatic hydroxyl groups is 1. The van der Waals surface area contributed by atoms with Gasteiger partial charge in [-0.15, -0.1) is 22.7 Å². The van der Waals surface area contributed by atoms with Gasteiger partial charge in [-0.2, -0.15) is 0 Å². The Hall–Kier alpha value is -3.21. The Kier molecular flexibility index (Phi) is 6.26. The molecule has 0 saturated heterocycles. The number of carboxylic acid groups (broad SMARTS) is 1. The summed E-state index contributed by atoms with van der Waals surface area (Å²) in [5.41, 5.74) is 2.14. The van der Waals surface area contributed by atoms with Crippen LogP contribution in [0, 0.1) is 12.7 Å². The largest absolute Gasteiger partial charge is 0.507 e. The minimum absolute atomic E-state index is 0.0538. The van der Waals surface area contributed by atoms with E-state index in [1.165, 1.54) is 22.7 Å². The fourth-order valence-corrected chi connectivity index (χ4v) is 5.03. The van der Waals surface area contributed by atoms with Crippen molar-refractivity contribution in [3.05, 3.63) is 69.7 Å². The Morgan fingerprint density at radius 1 is 1.31 bits per heavy atom. The number of benzene rings is 1. The highest BCUT2D eigenvalue weighted by molar-refractivity contribution is 7.16. The van der Waals surface area contributed by atoms with Crippen molar-refractivity contribution in [3.63, 3.8) is 0 Å². The molecule has 0 aliphatic rings. The van der Waals surface area contributed by atoms with Crippen LogP contribution in [0.4, 0.5) is 4.39 Å². The van der Waals surface area contributed by atoms with Crippen LogP contribution in [-0.4, -0.2) is 31.1 Å². The van der Waals surface area contributed by atoms with Crippen LogP contribution in [0.15, 0.2) is 42.0 Å². The van der Waals surface area contributed by atoms with Gasteiger partial charge in [0.05, 0.1) is 16.3 Å². The predicted molar refractivity (Wildman–Crippen MR) is 121 cm³/mol. The minimum atomic E-state index is -1.40. The van der Waals surface area contributed by atoms with Crippen molar-refractivity contribution in [1.29, 1.82) is 0 Å². The molecule has 32 heavy (non-hydrogen) atoms. The molecule has 3 heterocycles. The Morgan fingerprint density at radius 2 is 2.12 bits per heavy atom. The maximum Gasteiger partial charge on any atom is 0.339 e. The fraction of sp³-hybridized carbons (Fsp3) is 0.182. The van der Waals surface area contributed by atoms with Gasteiger partial charge in [0.2, 0.25) is 0 Å². The lowest BCUT2D eigenvalue weighted by atomic mass is 10.1. The van der Waals surface area contributed by atoms with Gasteiger partial charge in [-0.25, -0.2) is 19.2 Å². The number of carbonyl (C=O) groups is 1. The van der Waals surface area contributed by atoms with Crippen molar-refractivity contribution in [2.75, 3.05) is 0 Å². The number of hydrogen-bond donors (Lipinski definition) is 3. The van der Waals surface area contributed by atoms with E-state index >= 15 is 0 Å². The molecule has 3 aromatic heterocycles. The molecule has 0 spiro atoms. The average molecular weight is 471 g/mol. The number of pyridine rings is 1. The van der Waals surface area contributed by atoms with E-state index < -0.39 is 23.1 Å². The second-order valence-electron chi connectivity index (χ2n) is 7.10. The summed E-state index contributed by atoms with van der Waals surface area (Å²) in [4.78, 5) is 25.2. The zero-order chi connectivity index (χ0) is 22.8. The highest BCUT2D eigenvalue weighted by Crippen LogP contribution is 2.36. The van der Waals surface area contributed by atoms with Gasteiger partial charge in [0.15, 0.2) is 0 Å². The zero-order valence-electron chi connectivity index (χ0n) is 17.2. The van der Waals surface area contributed by atoms with Crippen molar-refractivity contribution >= 4 is 28.6 Å². The lowest BCUT2D eigenvalue weighted by molar-refractivity contribution is 0.0693. The van der Waals surface area contributed by atoms with Crippen molar-refractivity contribution in [2.24, 2.45) is 0 Å². The summed E-state index contributed by atoms with van der Waals surface area (Å²) in [7, 11) is 0. The Labute approximate surface area is 191 Å². The number of halogens is 1. The summed E-state index contributed by atoms with van der Waals surface area (Å²) in [6.45, 7) is 4.54. The maximum atomic E-state index is 14.5. The van der Waals surface area contributed by atoms with E-state index in [0.29, 0.717) is 17.2 Å². The molecule has 1 unspecified atom stereocenters. The number of aryl methyl sites for hydroxylation is 1. The summed E-state index contributed by atoms with van der Waals surface area (Å²) in [5, 5.41) is 25.4. The third kappa shape index (κ3) is 4.52. The molecular weight excluding hydrogens is 451 g/mol. The molecule has 3 N–H and O–H groups in total. The quantitative estimate of drug-likeness (QED) is 0.348. The van der Waals surface area contributed by atoms with Crippen LogP contribution in [-0.2, 0) is 6.54 Å². The highest BCUT2D eigenvalue weighted by atomic mass is 32.1. The predicted octanol–water partition coefficient (Wildman–Crippen LogP) is 5.03. The average Bonchev–Trinajstić information content (AvgIpc) is 3.40. The summed E-state index contributed by atoms with van der Waals surface area (Å²) in [6.07, 6.45) is 3.56. The van der Waals surface area contributed by atoms with E-state index in [-0.39, 0.29) is 11.6 Å².